The molecular formula is C24H30N2. The molecule has 0 spiro atoms. The fourth-order valence-electron chi connectivity index (χ4n) is 4.16. The Morgan fingerprint density at radius 1 is 0.769 bits per heavy atom. The monoisotopic (exact) mass is 346 g/mol. The molecule has 2 heteroatoms. The van der Waals surface area contributed by atoms with Crippen LogP contribution in [0.4, 0.5) is 0 Å². The van der Waals surface area contributed by atoms with Crippen LogP contribution < -0.4 is 0 Å². The molecule has 0 bridgehead atoms. The van der Waals surface area contributed by atoms with Crippen LogP contribution in [0.25, 0.3) is 11.6 Å². The standard InChI is InChI=1S/C24H30N2/c1-7-20-15(3)23(25-17(20)5)22(14-19-12-10-9-11-13-19)24-16(4)21(8-2)18(6)26-24/h9-14,25-26H,7-8H2,1-6H3. The van der Waals surface area contributed by atoms with Gasteiger partial charge in [-0.2, -0.15) is 0 Å². The van der Waals surface area contributed by atoms with Gasteiger partial charge in [-0.15, -0.1) is 0 Å². The van der Waals surface area contributed by atoms with E-state index in [1.807, 2.05) is 0 Å². The Kier molecular flexibility index (Phi) is 5.22. The van der Waals surface area contributed by atoms with Gasteiger partial charge in [0.1, 0.15) is 0 Å². The van der Waals surface area contributed by atoms with Gasteiger partial charge in [0.25, 0.3) is 0 Å². The molecule has 0 aliphatic carbocycles. The highest BCUT2D eigenvalue weighted by atomic mass is 14.8. The molecule has 0 amide bonds. The topological polar surface area (TPSA) is 31.6 Å². The Bertz CT molecular complexity index is 880. The van der Waals surface area contributed by atoms with Crippen LogP contribution in [0.1, 0.15) is 64.4 Å². The van der Waals surface area contributed by atoms with Crippen molar-refractivity contribution in [1.82, 2.24) is 9.97 Å². The van der Waals surface area contributed by atoms with Crippen molar-refractivity contribution in [3.8, 4) is 0 Å². The maximum absolute atomic E-state index is 3.67. The summed E-state index contributed by atoms with van der Waals surface area (Å²) in [5.74, 6) is 0. The Labute approximate surface area is 157 Å². The van der Waals surface area contributed by atoms with E-state index in [0.29, 0.717) is 0 Å². The van der Waals surface area contributed by atoms with Gasteiger partial charge in [0.05, 0.1) is 11.4 Å². The average molecular weight is 347 g/mol. The van der Waals surface area contributed by atoms with E-state index in [4.69, 9.17) is 0 Å². The van der Waals surface area contributed by atoms with Crippen molar-refractivity contribution in [3.63, 3.8) is 0 Å². The second-order valence-electron chi connectivity index (χ2n) is 7.13. The predicted molar refractivity (Wildman–Crippen MR) is 113 cm³/mol. The largest absolute Gasteiger partial charge is 0.358 e. The van der Waals surface area contributed by atoms with Crippen molar-refractivity contribution in [2.75, 3.05) is 0 Å². The van der Waals surface area contributed by atoms with Crippen LogP contribution in [-0.2, 0) is 12.8 Å². The third-order valence-electron chi connectivity index (χ3n) is 5.54. The molecule has 0 aliphatic heterocycles. The van der Waals surface area contributed by atoms with E-state index in [9.17, 15) is 0 Å². The lowest BCUT2D eigenvalue weighted by Crippen LogP contribution is -1.95. The second-order valence-corrected chi connectivity index (χ2v) is 7.13. The normalized spacial score (nSPS) is 11.0. The molecule has 0 radical (unpaired) electrons. The number of nitrogens with one attached hydrogen (secondary N) is 2. The SMILES string of the molecule is CCc1c(C)[nH]c(C(=Cc2ccccc2)c2[nH]c(C)c(CC)c2C)c1C. The molecule has 26 heavy (non-hydrogen) atoms. The first-order chi connectivity index (χ1) is 12.5. The van der Waals surface area contributed by atoms with Crippen LogP contribution in [0, 0.1) is 27.7 Å². The van der Waals surface area contributed by atoms with Gasteiger partial charge in [-0.25, -0.2) is 0 Å². The van der Waals surface area contributed by atoms with Crippen molar-refractivity contribution < 1.29 is 0 Å². The first-order valence-electron chi connectivity index (χ1n) is 9.61. The van der Waals surface area contributed by atoms with Crippen LogP contribution in [0.3, 0.4) is 0 Å². The van der Waals surface area contributed by atoms with Gasteiger partial charge in [0, 0.05) is 17.0 Å². The third kappa shape index (κ3) is 3.16. The zero-order chi connectivity index (χ0) is 18.8. The smallest absolute Gasteiger partial charge is 0.0509 e. The molecule has 2 heterocycles. The van der Waals surface area contributed by atoms with Crippen LogP contribution in [0.2, 0.25) is 0 Å². The maximum atomic E-state index is 3.67. The molecule has 0 unspecified atom stereocenters. The maximum Gasteiger partial charge on any atom is 0.0509 e. The molecule has 2 aromatic heterocycles. The molecule has 0 fully saturated rings. The summed E-state index contributed by atoms with van der Waals surface area (Å²) in [6.45, 7) is 13.3. The first kappa shape index (κ1) is 18.3. The average Bonchev–Trinajstić information content (AvgIpc) is 3.08. The van der Waals surface area contributed by atoms with Crippen molar-refractivity contribution in [3.05, 3.63) is 80.9 Å². The molecule has 2 N–H and O–H groups in total. The number of aromatic amines is 2. The van der Waals surface area contributed by atoms with Gasteiger partial charge in [-0.05, 0) is 74.4 Å². The molecule has 0 atom stereocenters. The lowest BCUT2D eigenvalue weighted by Gasteiger charge is -2.10. The van der Waals surface area contributed by atoms with Crippen LogP contribution in [0.5, 0.6) is 0 Å². The van der Waals surface area contributed by atoms with E-state index in [1.54, 1.807) is 0 Å². The number of hydrogen-bond acceptors (Lipinski definition) is 0. The molecule has 136 valence electrons. The van der Waals surface area contributed by atoms with Gasteiger partial charge in [-0.1, -0.05) is 44.2 Å². The summed E-state index contributed by atoms with van der Waals surface area (Å²) in [4.78, 5) is 7.34. The van der Waals surface area contributed by atoms with E-state index in [1.165, 1.54) is 56.2 Å². The number of H-pyrrole nitrogens is 2. The molecule has 0 saturated carbocycles. The van der Waals surface area contributed by atoms with Crippen LogP contribution >= 0.6 is 0 Å². The Balaban J connectivity index is 2.27. The number of benzene rings is 1. The quantitative estimate of drug-likeness (QED) is 0.544. The van der Waals surface area contributed by atoms with Crippen molar-refractivity contribution in [1.29, 1.82) is 0 Å². The molecule has 2 nitrogen and oxygen atoms in total. The summed E-state index contributed by atoms with van der Waals surface area (Å²) in [5, 5.41) is 0. The van der Waals surface area contributed by atoms with Crippen LogP contribution in [-0.4, -0.2) is 9.97 Å². The van der Waals surface area contributed by atoms with Gasteiger partial charge in [0.2, 0.25) is 0 Å². The second kappa shape index (κ2) is 7.41. The highest BCUT2D eigenvalue weighted by Gasteiger charge is 2.20. The molecule has 0 saturated heterocycles. The predicted octanol–water partition coefficient (Wildman–Crippen LogP) is 6.29. The van der Waals surface area contributed by atoms with Crippen molar-refractivity contribution >= 4 is 11.6 Å². The van der Waals surface area contributed by atoms with Crippen LogP contribution in [0.15, 0.2) is 30.3 Å². The van der Waals surface area contributed by atoms with E-state index < -0.39 is 0 Å². The number of aryl methyl sites for hydroxylation is 2. The molecule has 1 aromatic carbocycles. The number of aromatic nitrogens is 2. The first-order valence-corrected chi connectivity index (χ1v) is 9.61. The van der Waals surface area contributed by atoms with E-state index in [2.05, 4.69) is 87.9 Å². The third-order valence-corrected chi connectivity index (χ3v) is 5.54. The molecule has 3 aromatic rings. The highest BCUT2D eigenvalue weighted by molar-refractivity contribution is 5.92. The molecule has 0 aliphatic rings. The number of hydrogen-bond donors (Lipinski definition) is 2. The van der Waals surface area contributed by atoms with E-state index >= 15 is 0 Å². The van der Waals surface area contributed by atoms with Gasteiger partial charge >= 0.3 is 0 Å². The fourth-order valence-corrected chi connectivity index (χ4v) is 4.16. The summed E-state index contributed by atoms with van der Waals surface area (Å²) in [6, 6.07) is 10.6. The lowest BCUT2D eigenvalue weighted by molar-refractivity contribution is 1.08. The lowest BCUT2D eigenvalue weighted by atomic mass is 9.96. The minimum absolute atomic E-state index is 1.05. The number of rotatable bonds is 5. The Hall–Kier alpha value is -2.48. The van der Waals surface area contributed by atoms with Gasteiger partial charge < -0.3 is 9.97 Å². The Morgan fingerprint density at radius 3 is 1.62 bits per heavy atom. The molecule has 3 rings (SSSR count). The summed E-state index contributed by atoms with van der Waals surface area (Å²) in [7, 11) is 0. The Morgan fingerprint density at radius 2 is 1.23 bits per heavy atom. The highest BCUT2D eigenvalue weighted by Crippen LogP contribution is 2.34. The van der Waals surface area contributed by atoms with E-state index in [0.717, 1.165) is 12.8 Å². The minimum atomic E-state index is 1.05. The summed E-state index contributed by atoms with van der Waals surface area (Å²) in [5.41, 5.74) is 13.0. The molecular weight excluding hydrogens is 316 g/mol. The fraction of sp³-hybridized carbons (Fsp3) is 0.333. The zero-order valence-corrected chi connectivity index (χ0v) is 16.9. The van der Waals surface area contributed by atoms with Gasteiger partial charge in [-0.3, -0.25) is 0 Å². The van der Waals surface area contributed by atoms with Crippen molar-refractivity contribution in [2.24, 2.45) is 0 Å². The summed E-state index contributed by atoms with van der Waals surface area (Å²) in [6.07, 6.45) is 4.40. The summed E-state index contributed by atoms with van der Waals surface area (Å²) >= 11 is 0. The van der Waals surface area contributed by atoms with E-state index in [-0.39, 0.29) is 0 Å². The van der Waals surface area contributed by atoms with Crippen molar-refractivity contribution in [2.45, 2.75) is 54.4 Å². The summed E-state index contributed by atoms with van der Waals surface area (Å²) < 4.78 is 0. The zero-order valence-electron chi connectivity index (χ0n) is 16.9. The minimum Gasteiger partial charge on any atom is -0.358 e. The van der Waals surface area contributed by atoms with Gasteiger partial charge in [0.15, 0.2) is 0 Å².